The molecule has 0 aliphatic rings. The largest absolute Gasteiger partial charge is 0.384 e. The van der Waals surface area contributed by atoms with E-state index in [-0.39, 0.29) is 23.7 Å². The van der Waals surface area contributed by atoms with Gasteiger partial charge in [0.15, 0.2) is 9.84 Å². The van der Waals surface area contributed by atoms with Crippen LogP contribution >= 0.6 is 0 Å². The van der Waals surface area contributed by atoms with Gasteiger partial charge in [-0.1, -0.05) is 6.92 Å². The Balaban J connectivity index is 2.78. The number of nitro benzene ring substituents is 1. The third-order valence-electron chi connectivity index (χ3n) is 2.48. The van der Waals surface area contributed by atoms with Crippen LogP contribution < -0.4 is 16.6 Å². The van der Waals surface area contributed by atoms with Crippen molar-refractivity contribution >= 4 is 26.9 Å². The summed E-state index contributed by atoms with van der Waals surface area (Å²) in [6.45, 7) is 1.75. The number of sulfone groups is 1. The van der Waals surface area contributed by atoms with Crippen LogP contribution in [0.1, 0.15) is 6.92 Å². The van der Waals surface area contributed by atoms with Gasteiger partial charge in [-0.15, -0.1) is 0 Å². The highest BCUT2D eigenvalue weighted by atomic mass is 32.2. The highest BCUT2D eigenvalue weighted by molar-refractivity contribution is 7.91. The lowest BCUT2D eigenvalue weighted by molar-refractivity contribution is -0.384. The third-order valence-corrected chi connectivity index (χ3v) is 4.18. The van der Waals surface area contributed by atoms with E-state index in [1.807, 2.05) is 0 Å². The van der Waals surface area contributed by atoms with Crippen LogP contribution in [-0.2, 0) is 9.84 Å². The second-order valence-corrected chi connectivity index (χ2v) is 6.31. The molecule has 0 unspecified atom stereocenters. The molecule has 1 aromatic carbocycles. The van der Waals surface area contributed by atoms with E-state index in [1.54, 1.807) is 13.0 Å². The predicted molar refractivity (Wildman–Crippen MR) is 73.7 cm³/mol. The third kappa shape index (κ3) is 4.72. The Hall–Kier alpha value is -1.87. The Morgan fingerprint density at radius 1 is 1.32 bits per heavy atom. The van der Waals surface area contributed by atoms with Crippen LogP contribution in [0.3, 0.4) is 0 Å². The summed E-state index contributed by atoms with van der Waals surface area (Å²) in [6, 6.07) is 4.17. The molecule has 1 aromatic rings. The van der Waals surface area contributed by atoms with E-state index in [9.17, 15) is 18.5 Å². The first-order valence-corrected chi connectivity index (χ1v) is 7.40. The van der Waals surface area contributed by atoms with Gasteiger partial charge in [0.2, 0.25) is 0 Å². The lowest BCUT2D eigenvalue weighted by Gasteiger charge is -2.08. The fourth-order valence-electron chi connectivity index (χ4n) is 1.40. The smallest absolute Gasteiger partial charge is 0.273 e. The average Bonchev–Trinajstić information content (AvgIpc) is 2.38. The molecule has 0 bridgehead atoms. The number of benzene rings is 1. The lowest BCUT2D eigenvalue weighted by Crippen LogP contribution is -2.17. The highest BCUT2D eigenvalue weighted by Gasteiger charge is 2.10. The van der Waals surface area contributed by atoms with Gasteiger partial charge < -0.3 is 10.7 Å². The van der Waals surface area contributed by atoms with Crippen LogP contribution in [0.4, 0.5) is 17.1 Å². The van der Waals surface area contributed by atoms with Crippen LogP contribution in [-0.4, -0.2) is 31.4 Å². The molecule has 0 aromatic heterocycles. The maximum atomic E-state index is 11.3. The zero-order valence-corrected chi connectivity index (χ0v) is 11.2. The first kappa shape index (κ1) is 15.2. The van der Waals surface area contributed by atoms with Crippen molar-refractivity contribution in [2.75, 3.05) is 28.8 Å². The number of hydrogen-bond donors (Lipinski definition) is 3. The topological polar surface area (TPSA) is 127 Å². The fourth-order valence-corrected chi connectivity index (χ4v) is 2.10. The standard InChI is InChI=1S/C10H16N4O4S/c1-2-19(17,18)4-3-12-8-5-9(13-11)7-10(6-8)14(15)16/h5-7,12-13H,2-4,11H2,1H3. The van der Waals surface area contributed by atoms with E-state index < -0.39 is 14.8 Å². The molecule has 19 heavy (non-hydrogen) atoms. The molecule has 0 atom stereocenters. The molecule has 0 heterocycles. The molecule has 0 aliphatic heterocycles. The Bertz CT molecular complexity index is 559. The zero-order chi connectivity index (χ0) is 14.5. The number of anilines is 2. The van der Waals surface area contributed by atoms with Gasteiger partial charge in [-0.3, -0.25) is 16.0 Å². The van der Waals surface area contributed by atoms with Gasteiger partial charge in [-0.2, -0.15) is 0 Å². The first-order chi connectivity index (χ1) is 8.88. The average molecular weight is 288 g/mol. The van der Waals surface area contributed by atoms with Crippen molar-refractivity contribution in [1.29, 1.82) is 0 Å². The van der Waals surface area contributed by atoms with Crippen LogP contribution in [0.15, 0.2) is 18.2 Å². The van der Waals surface area contributed by atoms with Crippen LogP contribution in [0.25, 0.3) is 0 Å². The Kier molecular flexibility index (Phi) is 5.07. The minimum atomic E-state index is -3.07. The maximum Gasteiger partial charge on any atom is 0.273 e. The molecule has 0 amide bonds. The van der Waals surface area contributed by atoms with Gasteiger partial charge >= 0.3 is 0 Å². The number of nitrogens with one attached hydrogen (secondary N) is 2. The van der Waals surface area contributed by atoms with Crippen molar-refractivity contribution in [3.05, 3.63) is 28.3 Å². The second kappa shape index (κ2) is 6.34. The van der Waals surface area contributed by atoms with Crippen molar-refractivity contribution in [2.24, 2.45) is 5.84 Å². The van der Waals surface area contributed by atoms with Gasteiger partial charge in [0.25, 0.3) is 5.69 Å². The summed E-state index contributed by atoms with van der Waals surface area (Å²) in [4.78, 5) is 10.2. The van der Waals surface area contributed by atoms with E-state index in [0.717, 1.165) is 0 Å². The Labute approximate surface area is 111 Å². The summed E-state index contributed by atoms with van der Waals surface area (Å²) in [6.07, 6.45) is 0. The molecule has 0 radical (unpaired) electrons. The van der Waals surface area contributed by atoms with Crippen molar-refractivity contribution in [3.63, 3.8) is 0 Å². The number of hydrogen-bond acceptors (Lipinski definition) is 7. The molecule has 8 nitrogen and oxygen atoms in total. The number of nitrogen functional groups attached to an aromatic ring is 1. The molecular weight excluding hydrogens is 272 g/mol. The SMILES string of the molecule is CCS(=O)(=O)CCNc1cc(NN)cc([N+](=O)[O-])c1. The van der Waals surface area contributed by atoms with Gasteiger partial charge in [0.1, 0.15) is 0 Å². The van der Waals surface area contributed by atoms with Crippen molar-refractivity contribution in [2.45, 2.75) is 6.92 Å². The summed E-state index contributed by atoms with van der Waals surface area (Å²) in [5.74, 6) is 5.25. The van der Waals surface area contributed by atoms with Gasteiger partial charge in [0.05, 0.1) is 16.4 Å². The summed E-state index contributed by atoms with van der Waals surface area (Å²) >= 11 is 0. The number of rotatable bonds is 7. The number of nitrogens with zero attached hydrogens (tertiary/aromatic N) is 1. The summed E-state index contributed by atoms with van der Waals surface area (Å²) in [7, 11) is -3.07. The summed E-state index contributed by atoms with van der Waals surface area (Å²) < 4.78 is 22.6. The Morgan fingerprint density at radius 2 is 1.95 bits per heavy atom. The zero-order valence-electron chi connectivity index (χ0n) is 10.4. The number of nitro groups is 1. The van der Waals surface area contributed by atoms with Gasteiger partial charge in [-0.05, 0) is 6.07 Å². The molecular formula is C10H16N4O4S. The molecule has 1 rings (SSSR count). The molecule has 4 N–H and O–H groups in total. The van der Waals surface area contributed by atoms with E-state index in [0.29, 0.717) is 11.4 Å². The monoisotopic (exact) mass is 288 g/mol. The number of hydrazine groups is 1. The van der Waals surface area contributed by atoms with Crippen molar-refractivity contribution in [1.82, 2.24) is 0 Å². The molecule has 9 heteroatoms. The fraction of sp³-hybridized carbons (Fsp3) is 0.400. The molecule has 0 aliphatic carbocycles. The van der Waals surface area contributed by atoms with Crippen molar-refractivity contribution < 1.29 is 13.3 Å². The Morgan fingerprint density at radius 3 is 2.47 bits per heavy atom. The molecule has 0 saturated carbocycles. The highest BCUT2D eigenvalue weighted by Crippen LogP contribution is 2.23. The van der Waals surface area contributed by atoms with E-state index in [2.05, 4.69) is 10.7 Å². The van der Waals surface area contributed by atoms with E-state index >= 15 is 0 Å². The minimum absolute atomic E-state index is 0.0302. The van der Waals surface area contributed by atoms with Crippen LogP contribution in [0, 0.1) is 10.1 Å². The minimum Gasteiger partial charge on any atom is -0.384 e. The predicted octanol–water partition coefficient (Wildman–Crippen LogP) is 0.727. The number of non-ortho nitro benzene ring substituents is 1. The molecule has 106 valence electrons. The molecule has 0 saturated heterocycles. The molecule has 0 fully saturated rings. The van der Waals surface area contributed by atoms with E-state index in [1.165, 1.54) is 12.1 Å². The van der Waals surface area contributed by atoms with Crippen molar-refractivity contribution in [3.8, 4) is 0 Å². The van der Waals surface area contributed by atoms with E-state index in [4.69, 9.17) is 5.84 Å². The molecule has 0 spiro atoms. The summed E-state index contributed by atoms with van der Waals surface area (Å²) in [5, 5.41) is 13.5. The van der Waals surface area contributed by atoms with Crippen LogP contribution in [0.2, 0.25) is 0 Å². The van der Waals surface area contributed by atoms with Gasteiger partial charge in [0, 0.05) is 30.1 Å². The number of nitrogens with two attached hydrogens (primary N) is 1. The quantitative estimate of drug-likeness (QED) is 0.383. The van der Waals surface area contributed by atoms with Crippen LogP contribution in [0.5, 0.6) is 0 Å². The van der Waals surface area contributed by atoms with Gasteiger partial charge in [-0.25, -0.2) is 8.42 Å². The maximum absolute atomic E-state index is 11.3. The lowest BCUT2D eigenvalue weighted by atomic mass is 10.2. The second-order valence-electron chi connectivity index (χ2n) is 3.83. The normalized spacial score (nSPS) is 11.1. The first-order valence-electron chi connectivity index (χ1n) is 5.58. The summed E-state index contributed by atoms with van der Waals surface area (Å²) in [5.41, 5.74) is 3.00.